The summed E-state index contributed by atoms with van der Waals surface area (Å²) in [5.41, 5.74) is 1.62. The van der Waals surface area contributed by atoms with Crippen LogP contribution in [0.1, 0.15) is 42.7 Å². The van der Waals surface area contributed by atoms with E-state index in [1.165, 1.54) is 0 Å². The van der Waals surface area contributed by atoms with E-state index in [0.717, 1.165) is 31.2 Å². The molecule has 0 saturated heterocycles. The number of benzene rings is 1. The summed E-state index contributed by atoms with van der Waals surface area (Å²) < 4.78 is 13.4. The van der Waals surface area contributed by atoms with Crippen molar-refractivity contribution in [3.63, 3.8) is 0 Å². The molecule has 0 aliphatic heterocycles. The lowest BCUT2D eigenvalue weighted by atomic mass is 9.81. The molecule has 0 heterocycles. The zero-order valence-corrected chi connectivity index (χ0v) is 9.04. The Hall–Kier alpha value is -0.890. The molecule has 2 heteroatoms. The molecule has 0 aromatic heterocycles. The second kappa shape index (κ2) is 4.31. The molecule has 1 nitrogen and oxygen atoms in total. The highest BCUT2D eigenvalue weighted by molar-refractivity contribution is 5.27. The molecule has 82 valence electrons. The number of hydrogen-bond donors (Lipinski definition) is 1. The largest absolute Gasteiger partial charge is 0.392 e. The molecular formula is C13H17FO. The van der Waals surface area contributed by atoms with Crippen molar-refractivity contribution in [2.45, 2.75) is 44.6 Å². The third-order valence-electron chi connectivity index (χ3n) is 3.35. The molecule has 15 heavy (non-hydrogen) atoms. The van der Waals surface area contributed by atoms with E-state index in [9.17, 15) is 9.50 Å². The van der Waals surface area contributed by atoms with Crippen LogP contribution < -0.4 is 0 Å². The van der Waals surface area contributed by atoms with Gasteiger partial charge in [0.05, 0.1) is 6.10 Å². The predicted octanol–water partition coefficient (Wildman–Crippen LogP) is 3.15. The van der Waals surface area contributed by atoms with Crippen LogP contribution in [-0.2, 0) is 0 Å². The summed E-state index contributed by atoms with van der Waals surface area (Å²) in [5.74, 6) is -0.0286. The molecule has 1 aliphatic carbocycles. The normalized spacial score (nSPS) is 26.6. The Bertz CT molecular complexity index is 348. The Morgan fingerprint density at radius 2 is 2.00 bits per heavy atom. The summed E-state index contributed by atoms with van der Waals surface area (Å²) in [6.45, 7) is 1.76. The molecule has 2 atom stereocenters. The highest BCUT2D eigenvalue weighted by Gasteiger charge is 2.24. The van der Waals surface area contributed by atoms with Crippen LogP contribution >= 0.6 is 0 Å². The van der Waals surface area contributed by atoms with E-state index >= 15 is 0 Å². The van der Waals surface area contributed by atoms with Gasteiger partial charge in [0, 0.05) is 5.92 Å². The van der Waals surface area contributed by atoms with Crippen molar-refractivity contribution < 1.29 is 9.50 Å². The minimum atomic E-state index is -0.291. The van der Waals surface area contributed by atoms with Crippen LogP contribution in [0, 0.1) is 12.7 Å². The number of aryl methyl sites for hydroxylation is 1. The van der Waals surface area contributed by atoms with E-state index in [1.807, 2.05) is 6.07 Å². The van der Waals surface area contributed by atoms with Gasteiger partial charge in [0.1, 0.15) is 5.82 Å². The summed E-state index contributed by atoms with van der Waals surface area (Å²) in [6.07, 6.45) is 3.76. The average Bonchev–Trinajstić information content (AvgIpc) is 2.23. The first-order chi connectivity index (χ1) is 7.18. The molecule has 1 saturated carbocycles. The molecule has 0 radical (unpaired) electrons. The van der Waals surface area contributed by atoms with Crippen LogP contribution in [0.15, 0.2) is 18.2 Å². The fourth-order valence-corrected chi connectivity index (χ4v) is 2.34. The topological polar surface area (TPSA) is 20.2 Å². The molecule has 2 rings (SSSR count). The van der Waals surface area contributed by atoms with Gasteiger partial charge in [-0.2, -0.15) is 0 Å². The summed E-state index contributed by atoms with van der Waals surface area (Å²) in [5, 5.41) is 9.86. The highest BCUT2D eigenvalue weighted by Crippen LogP contribution is 2.33. The van der Waals surface area contributed by atoms with E-state index in [4.69, 9.17) is 0 Å². The second-order valence-electron chi connectivity index (χ2n) is 4.47. The van der Waals surface area contributed by atoms with Crippen LogP contribution in [-0.4, -0.2) is 11.2 Å². The van der Waals surface area contributed by atoms with Gasteiger partial charge >= 0.3 is 0 Å². The Morgan fingerprint density at radius 1 is 1.27 bits per heavy atom. The zero-order valence-electron chi connectivity index (χ0n) is 9.04. The molecule has 1 N–H and O–H groups in total. The van der Waals surface area contributed by atoms with E-state index in [0.29, 0.717) is 5.56 Å². The summed E-state index contributed by atoms with van der Waals surface area (Å²) in [6, 6.07) is 5.32. The van der Waals surface area contributed by atoms with Crippen molar-refractivity contribution in [1.82, 2.24) is 0 Å². The maximum atomic E-state index is 13.4. The lowest BCUT2D eigenvalue weighted by Gasteiger charge is -2.28. The van der Waals surface area contributed by atoms with E-state index in [2.05, 4.69) is 0 Å². The minimum absolute atomic E-state index is 0.133. The van der Waals surface area contributed by atoms with Crippen molar-refractivity contribution in [3.05, 3.63) is 35.1 Å². The van der Waals surface area contributed by atoms with E-state index in [1.54, 1.807) is 19.1 Å². The first kappa shape index (κ1) is 10.6. The molecule has 1 aromatic rings. The Kier molecular flexibility index (Phi) is 3.06. The van der Waals surface area contributed by atoms with Gasteiger partial charge in [0.25, 0.3) is 0 Å². The SMILES string of the molecule is Cc1ccc([C@@H]2CCCC[C@@H]2O)cc1F. The Balaban J connectivity index is 2.24. The van der Waals surface area contributed by atoms with Crippen LogP contribution in [0.25, 0.3) is 0 Å². The molecule has 1 aromatic carbocycles. The monoisotopic (exact) mass is 208 g/mol. The van der Waals surface area contributed by atoms with Crippen LogP contribution in [0.3, 0.4) is 0 Å². The van der Waals surface area contributed by atoms with Crippen LogP contribution in [0.5, 0.6) is 0 Å². The Morgan fingerprint density at radius 3 is 2.67 bits per heavy atom. The van der Waals surface area contributed by atoms with E-state index in [-0.39, 0.29) is 17.8 Å². The molecule has 0 amide bonds. The highest BCUT2D eigenvalue weighted by atomic mass is 19.1. The fraction of sp³-hybridized carbons (Fsp3) is 0.538. The maximum Gasteiger partial charge on any atom is 0.126 e. The van der Waals surface area contributed by atoms with Gasteiger partial charge < -0.3 is 5.11 Å². The van der Waals surface area contributed by atoms with E-state index < -0.39 is 0 Å². The standard InChI is InChI=1S/C13H17FO/c1-9-6-7-10(8-12(9)14)11-4-2-3-5-13(11)15/h6-8,11,13,15H,2-5H2,1H3/t11-,13-/m0/s1. The Labute approximate surface area is 89.9 Å². The van der Waals surface area contributed by atoms with Gasteiger partial charge in [-0.05, 0) is 37.0 Å². The number of aliphatic hydroxyl groups excluding tert-OH is 1. The van der Waals surface area contributed by atoms with Gasteiger partial charge in [0.2, 0.25) is 0 Å². The minimum Gasteiger partial charge on any atom is -0.392 e. The second-order valence-corrected chi connectivity index (χ2v) is 4.47. The lowest BCUT2D eigenvalue weighted by Crippen LogP contribution is -2.22. The van der Waals surface area contributed by atoms with Gasteiger partial charge in [-0.15, -0.1) is 0 Å². The number of rotatable bonds is 1. The third kappa shape index (κ3) is 2.20. The molecule has 0 unspecified atom stereocenters. The van der Waals surface area contributed by atoms with Crippen LogP contribution in [0.2, 0.25) is 0 Å². The van der Waals surface area contributed by atoms with Gasteiger partial charge in [0.15, 0.2) is 0 Å². The van der Waals surface area contributed by atoms with Gasteiger partial charge in [-0.1, -0.05) is 25.0 Å². The zero-order chi connectivity index (χ0) is 10.8. The maximum absolute atomic E-state index is 13.4. The molecule has 0 spiro atoms. The van der Waals surface area contributed by atoms with Crippen molar-refractivity contribution >= 4 is 0 Å². The first-order valence-corrected chi connectivity index (χ1v) is 5.62. The van der Waals surface area contributed by atoms with Gasteiger partial charge in [-0.3, -0.25) is 0 Å². The first-order valence-electron chi connectivity index (χ1n) is 5.62. The quantitative estimate of drug-likeness (QED) is 0.751. The van der Waals surface area contributed by atoms with Gasteiger partial charge in [-0.25, -0.2) is 4.39 Å². The molecule has 0 bridgehead atoms. The number of aliphatic hydroxyl groups is 1. The van der Waals surface area contributed by atoms with Crippen molar-refractivity contribution in [3.8, 4) is 0 Å². The summed E-state index contributed by atoms with van der Waals surface area (Å²) in [4.78, 5) is 0. The van der Waals surface area contributed by atoms with Crippen molar-refractivity contribution in [1.29, 1.82) is 0 Å². The average molecular weight is 208 g/mol. The molecular weight excluding hydrogens is 191 g/mol. The fourth-order valence-electron chi connectivity index (χ4n) is 2.34. The number of halogens is 1. The predicted molar refractivity (Wildman–Crippen MR) is 58.4 cm³/mol. The summed E-state index contributed by atoms with van der Waals surface area (Å²) in [7, 11) is 0. The van der Waals surface area contributed by atoms with Crippen molar-refractivity contribution in [2.24, 2.45) is 0 Å². The summed E-state index contributed by atoms with van der Waals surface area (Å²) >= 11 is 0. The number of hydrogen-bond acceptors (Lipinski definition) is 1. The molecule has 1 fully saturated rings. The van der Waals surface area contributed by atoms with Crippen LogP contribution in [0.4, 0.5) is 4.39 Å². The lowest BCUT2D eigenvalue weighted by molar-refractivity contribution is 0.106. The molecule has 1 aliphatic rings. The smallest absolute Gasteiger partial charge is 0.126 e. The van der Waals surface area contributed by atoms with Crippen molar-refractivity contribution in [2.75, 3.05) is 0 Å². The third-order valence-corrected chi connectivity index (χ3v) is 3.35.